The van der Waals surface area contributed by atoms with Crippen LogP contribution in [0.3, 0.4) is 0 Å². The van der Waals surface area contributed by atoms with Crippen molar-refractivity contribution in [3.8, 4) is 0 Å². The van der Waals surface area contributed by atoms with Crippen molar-refractivity contribution in [3.05, 3.63) is 33.5 Å². The molecule has 0 aliphatic rings. The normalized spacial score (nSPS) is 12.9. The second kappa shape index (κ2) is 5.42. The fourth-order valence-electron chi connectivity index (χ4n) is 1.87. The Morgan fingerprint density at radius 1 is 1.47 bits per heavy atom. The molecule has 2 heterocycles. The third-order valence-corrected chi connectivity index (χ3v) is 3.85. The van der Waals surface area contributed by atoms with E-state index in [0.29, 0.717) is 6.04 Å². The van der Waals surface area contributed by atoms with Gasteiger partial charge in [-0.25, -0.2) is 4.98 Å². The van der Waals surface area contributed by atoms with Crippen molar-refractivity contribution in [3.63, 3.8) is 0 Å². The largest absolute Gasteiger partial charge is 0.304 e. The summed E-state index contributed by atoms with van der Waals surface area (Å²) in [4.78, 5) is 4.36. The van der Waals surface area contributed by atoms with E-state index >= 15 is 0 Å². The molecule has 0 saturated carbocycles. The van der Waals surface area contributed by atoms with E-state index in [9.17, 15) is 0 Å². The second-order valence-electron chi connectivity index (χ2n) is 4.12. The molecule has 0 aliphatic carbocycles. The molecule has 0 bridgehead atoms. The standard InChI is InChI=1S/C12H18N4S/c1-4-11(12-13-5-6-17-12)14-7-10-8(2)15-16-9(10)3/h5-6,11,14H,4,7H2,1-3H3,(H,15,16). The number of rotatable bonds is 5. The lowest BCUT2D eigenvalue weighted by Crippen LogP contribution is -2.20. The van der Waals surface area contributed by atoms with Crippen molar-refractivity contribution in [2.75, 3.05) is 0 Å². The van der Waals surface area contributed by atoms with Crippen LogP contribution in [-0.4, -0.2) is 15.2 Å². The molecule has 2 aromatic rings. The number of H-pyrrole nitrogens is 1. The Bertz CT molecular complexity index is 441. The maximum Gasteiger partial charge on any atom is 0.109 e. The van der Waals surface area contributed by atoms with Crippen molar-refractivity contribution in [2.45, 2.75) is 39.8 Å². The average Bonchev–Trinajstić information content (AvgIpc) is 2.94. The van der Waals surface area contributed by atoms with Crippen LogP contribution >= 0.6 is 11.3 Å². The van der Waals surface area contributed by atoms with Gasteiger partial charge in [0.2, 0.25) is 0 Å². The molecule has 0 saturated heterocycles. The molecule has 17 heavy (non-hydrogen) atoms. The van der Waals surface area contributed by atoms with Gasteiger partial charge in [-0.2, -0.15) is 5.10 Å². The topological polar surface area (TPSA) is 53.6 Å². The lowest BCUT2D eigenvalue weighted by atomic mass is 10.1. The lowest BCUT2D eigenvalue weighted by molar-refractivity contribution is 0.515. The first-order valence-corrected chi connectivity index (χ1v) is 6.73. The summed E-state index contributed by atoms with van der Waals surface area (Å²) in [7, 11) is 0. The molecule has 5 heteroatoms. The zero-order valence-corrected chi connectivity index (χ0v) is 11.3. The van der Waals surface area contributed by atoms with E-state index in [1.54, 1.807) is 11.3 Å². The summed E-state index contributed by atoms with van der Waals surface area (Å²) in [5.41, 5.74) is 3.48. The van der Waals surface area contributed by atoms with Gasteiger partial charge in [-0.05, 0) is 20.3 Å². The minimum absolute atomic E-state index is 0.337. The first-order chi connectivity index (χ1) is 8.22. The first kappa shape index (κ1) is 12.3. The molecule has 0 aliphatic heterocycles. The van der Waals surface area contributed by atoms with Crippen LogP contribution in [0.25, 0.3) is 0 Å². The number of thiazole rings is 1. The predicted molar refractivity (Wildman–Crippen MR) is 70.0 cm³/mol. The molecule has 2 rings (SSSR count). The average molecular weight is 250 g/mol. The highest BCUT2D eigenvalue weighted by atomic mass is 32.1. The molecule has 0 aromatic carbocycles. The van der Waals surface area contributed by atoms with Gasteiger partial charge in [-0.3, -0.25) is 5.10 Å². The highest BCUT2D eigenvalue weighted by Gasteiger charge is 2.13. The Kier molecular flexibility index (Phi) is 3.91. The number of aryl methyl sites for hydroxylation is 2. The Morgan fingerprint density at radius 3 is 2.82 bits per heavy atom. The van der Waals surface area contributed by atoms with Crippen LogP contribution in [0.15, 0.2) is 11.6 Å². The Hall–Kier alpha value is -1.20. The van der Waals surface area contributed by atoms with Crippen molar-refractivity contribution < 1.29 is 0 Å². The highest BCUT2D eigenvalue weighted by Crippen LogP contribution is 2.20. The van der Waals surface area contributed by atoms with Gasteiger partial charge in [0, 0.05) is 29.4 Å². The zero-order valence-electron chi connectivity index (χ0n) is 10.4. The smallest absolute Gasteiger partial charge is 0.109 e. The van der Waals surface area contributed by atoms with Gasteiger partial charge in [0.05, 0.1) is 11.7 Å². The number of aromatic amines is 1. The molecular weight excluding hydrogens is 232 g/mol. The first-order valence-electron chi connectivity index (χ1n) is 5.85. The van der Waals surface area contributed by atoms with Crippen molar-refractivity contribution in [2.24, 2.45) is 0 Å². The lowest BCUT2D eigenvalue weighted by Gasteiger charge is -2.14. The number of hydrogen-bond donors (Lipinski definition) is 2. The second-order valence-corrected chi connectivity index (χ2v) is 5.05. The summed E-state index contributed by atoms with van der Waals surface area (Å²) in [5, 5.41) is 13.9. The molecule has 0 amide bonds. The van der Waals surface area contributed by atoms with Gasteiger partial charge in [0.25, 0.3) is 0 Å². The predicted octanol–water partition coefficient (Wildman–Crippen LogP) is 2.72. The van der Waals surface area contributed by atoms with Crippen molar-refractivity contribution in [1.82, 2.24) is 20.5 Å². The molecule has 2 N–H and O–H groups in total. The van der Waals surface area contributed by atoms with Crippen molar-refractivity contribution in [1.29, 1.82) is 0 Å². The zero-order chi connectivity index (χ0) is 12.3. The molecule has 2 aromatic heterocycles. The fraction of sp³-hybridized carbons (Fsp3) is 0.500. The Balaban J connectivity index is 2.02. The van der Waals surface area contributed by atoms with E-state index in [2.05, 4.69) is 34.3 Å². The minimum Gasteiger partial charge on any atom is -0.304 e. The molecule has 0 fully saturated rings. The molecule has 4 nitrogen and oxygen atoms in total. The summed E-state index contributed by atoms with van der Waals surface area (Å²) < 4.78 is 0. The summed E-state index contributed by atoms with van der Waals surface area (Å²) in [6.45, 7) is 7.10. The van der Waals surface area contributed by atoms with Gasteiger partial charge < -0.3 is 5.32 Å². The monoisotopic (exact) mass is 250 g/mol. The van der Waals surface area contributed by atoms with Gasteiger partial charge in [0.1, 0.15) is 5.01 Å². The van der Waals surface area contributed by atoms with E-state index in [4.69, 9.17) is 0 Å². The van der Waals surface area contributed by atoms with Crippen LogP contribution < -0.4 is 5.32 Å². The number of aromatic nitrogens is 3. The third-order valence-electron chi connectivity index (χ3n) is 2.96. The molecule has 1 atom stereocenters. The summed E-state index contributed by atoms with van der Waals surface area (Å²) in [6.07, 6.45) is 2.90. The van der Waals surface area contributed by atoms with Gasteiger partial charge in [-0.15, -0.1) is 11.3 Å². The van der Waals surface area contributed by atoms with Crippen LogP contribution in [0.4, 0.5) is 0 Å². The molecule has 0 radical (unpaired) electrons. The van der Waals surface area contributed by atoms with E-state index in [0.717, 1.165) is 29.4 Å². The van der Waals surface area contributed by atoms with Crippen LogP contribution in [0.2, 0.25) is 0 Å². The summed E-state index contributed by atoms with van der Waals surface area (Å²) in [6, 6.07) is 0.337. The highest BCUT2D eigenvalue weighted by molar-refractivity contribution is 7.09. The number of nitrogens with zero attached hydrogens (tertiary/aromatic N) is 2. The molecule has 92 valence electrons. The summed E-state index contributed by atoms with van der Waals surface area (Å²) >= 11 is 1.70. The van der Waals surface area contributed by atoms with Crippen LogP contribution in [0.5, 0.6) is 0 Å². The quantitative estimate of drug-likeness (QED) is 0.858. The molecular formula is C12H18N4S. The SMILES string of the molecule is CCC(NCc1c(C)n[nH]c1C)c1nccs1. The third kappa shape index (κ3) is 2.73. The minimum atomic E-state index is 0.337. The van der Waals surface area contributed by atoms with E-state index in [-0.39, 0.29) is 0 Å². The van der Waals surface area contributed by atoms with Gasteiger partial charge >= 0.3 is 0 Å². The van der Waals surface area contributed by atoms with Gasteiger partial charge in [-0.1, -0.05) is 6.92 Å². The van der Waals surface area contributed by atoms with Crippen LogP contribution in [0.1, 0.15) is 41.3 Å². The maximum atomic E-state index is 4.36. The molecule has 0 spiro atoms. The van der Waals surface area contributed by atoms with E-state index in [1.165, 1.54) is 5.56 Å². The van der Waals surface area contributed by atoms with Crippen molar-refractivity contribution >= 4 is 11.3 Å². The fourth-order valence-corrected chi connectivity index (χ4v) is 2.67. The number of hydrogen-bond acceptors (Lipinski definition) is 4. The van der Waals surface area contributed by atoms with E-state index < -0.39 is 0 Å². The Labute approximate surface area is 105 Å². The maximum absolute atomic E-state index is 4.36. The van der Waals surface area contributed by atoms with E-state index in [1.807, 2.05) is 18.5 Å². The molecule has 1 unspecified atom stereocenters. The number of nitrogens with one attached hydrogen (secondary N) is 2. The Morgan fingerprint density at radius 2 is 2.29 bits per heavy atom. The van der Waals surface area contributed by atoms with Crippen LogP contribution in [-0.2, 0) is 6.54 Å². The van der Waals surface area contributed by atoms with Crippen LogP contribution in [0, 0.1) is 13.8 Å². The van der Waals surface area contributed by atoms with Gasteiger partial charge in [0.15, 0.2) is 0 Å². The summed E-state index contributed by atoms with van der Waals surface area (Å²) in [5.74, 6) is 0.